The highest BCUT2D eigenvalue weighted by molar-refractivity contribution is 6.31. The van der Waals surface area contributed by atoms with E-state index in [0.717, 1.165) is 12.1 Å². The topological polar surface area (TPSA) is 47.6 Å². The molecule has 0 aliphatic carbocycles. The molecule has 106 valence electrons. The van der Waals surface area contributed by atoms with E-state index in [1.165, 1.54) is 0 Å². The average molecular weight is 286 g/mol. The van der Waals surface area contributed by atoms with Gasteiger partial charge in [-0.2, -0.15) is 0 Å². The summed E-state index contributed by atoms with van der Waals surface area (Å²) in [6.07, 6.45) is -0.142. The second-order valence-corrected chi connectivity index (χ2v) is 4.73. The van der Waals surface area contributed by atoms with Crippen LogP contribution in [-0.4, -0.2) is 25.2 Å². The smallest absolute Gasteiger partial charge is 0.344 e. The first-order valence-electron chi connectivity index (χ1n) is 6.35. The van der Waals surface area contributed by atoms with Gasteiger partial charge in [-0.25, -0.2) is 4.79 Å². The van der Waals surface area contributed by atoms with Gasteiger partial charge in [-0.1, -0.05) is 24.6 Å². The largest absolute Gasteiger partial charge is 0.482 e. The minimum Gasteiger partial charge on any atom is -0.482 e. The van der Waals surface area contributed by atoms with Gasteiger partial charge in [0.1, 0.15) is 5.75 Å². The lowest BCUT2D eigenvalue weighted by atomic mass is 10.2. The van der Waals surface area contributed by atoms with E-state index < -0.39 is 0 Å². The van der Waals surface area contributed by atoms with Crippen LogP contribution in [0.15, 0.2) is 18.2 Å². The van der Waals surface area contributed by atoms with Crippen molar-refractivity contribution < 1.29 is 14.3 Å². The minimum atomic E-state index is -0.385. The molecule has 1 aromatic rings. The van der Waals surface area contributed by atoms with Crippen molar-refractivity contribution in [3.63, 3.8) is 0 Å². The monoisotopic (exact) mass is 285 g/mol. The van der Waals surface area contributed by atoms with Crippen LogP contribution in [0.1, 0.15) is 26.3 Å². The van der Waals surface area contributed by atoms with Gasteiger partial charge in [0.05, 0.1) is 6.10 Å². The fourth-order valence-corrected chi connectivity index (χ4v) is 1.76. The average Bonchev–Trinajstić information content (AvgIpc) is 2.34. The van der Waals surface area contributed by atoms with Gasteiger partial charge in [-0.3, -0.25) is 0 Å². The number of rotatable bonds is 7. The first kappa shape index (κ1) is 15.8. The number of esters is 1. The molecule has 5 heteroatoms. The number of hydrogen-bond acceptors (Lipinski definition) is 4. The van der Waals surface area contributed by atoms with Gasteiger partial charge in [0.2, 0.25) is 0 Å². The molecular weight excluding hydrogens is 266 g/mol. The number of carbonyl (C=O) groups is 1. The lowest BCUT2D eigenvalue weighted by Crippen LogP contribution is -2.20. The Morgan fingerprint density at radius 1 is 1.42 bits per heavy atom. The van der Waals surface area contributed by atoms with E-state index >= 15 is 0 Å². The van der Waals surface area contributed by atoms with Crippen LogP contribution in [0.3, 0.4) is 0 Å². The number of halogens is 1. The van der Waals surface area contributed by atoms with E-state index in [0.29, 0.717) is 17.3 Å². The molecule has 0 unspecified atom stereocenters. The molecule has 0 aliphatic heterocycles. The van der Waals surface area contributed by atoms with Crippen LogP contribution in [-0.2, 0) is 16.1 Å². The molecular formula is C14H20ClNO3. The Morgan fingerprint density at radius 3 is 2.79 bits per heavy atom. The van der Waals surface area contributed by atoms with E-state index in [4.69, 9.17) is 21.1 Å². The van der Waals surface area contributed by atoms with Crippen LogP contribution < -0.4 is 10.1 Å². The zero-order valence-electron chi connectivity index (χ0n) is 11.5. The summed E-state index contributed by atoms with van der Waals surface area (Å²) in [7, 11) is 0. The maximum Gasteiger partial charge on any atom is 0.344 e. The molecule has 4 nitrogen and oxygen atoms in total. The van der Waals surface area contributed by atoms with Gasteiger partial charge >= 0.3 is 5.97 Å². The molecule has 19 heavy (non-hydrogen) atoms. The SMILES string of the molecule is CCNCc1c(Cl)cccc1OCC(=O)OC(C)C. The molecule has 0 spiro atoms. The van der Waals surface area contributed by atoms with Gasteiger partial charge in [-0.15, -0.1) is 0 Å². The Balaban J connectivity index is 2.66. The Morgan fingerprint density at radius 2 is 2.16 bits per heavy atom. The molecule has 0 radical (unpaired) electrons. The molecule has 0 fully saturated rings. The van der Waals surface area contributed by atoms with Crippen LogP contribution in [0.4, 0.5) is 0 Å². The first-order chi connectivity index (χ1) is 9.04. The third-order valence-electron chi connectivity index (χ3n) is 2.34. The van der Waals surface area contributed by atoms with Crippen LogP contribution in [0, 0.1) is 0 Å². The Hall–Kier alpha value is -1.26. The summed E-state index contributed by atoms with van der Waals surface area (Å²) >= 11 is 6.13. The molecule has 0 heterocycles. The maximum absolute atomic E-state index is 11.4. The highest BCUT2D eigenvalue weighted by atomic mass is 35.5. The summed E-state index contributed by atoms with van der Waals surface area (Å²) < 4.78 is 10.5. The molecule has 1 rings (SSSR count). The fourth-order valence-electron chi connectivity index (χ4n) is 1.53. The van der Waals surface area contributed by atoms with Crippen LogP contribution in [0.25, 0.3) is 0 Å². The predicted octanol–water partition coefficient (Wildman–Crippen LogP) is 2.78. The minimum absolute atomic E-state index is 0.113. The molecule has 0 saturated carbocycles. The summed E-state index contributed by atoms with van der Waals surface area (Å²) in [5, 5.41) is 3.81. The maximum atomic E-state index is 11.4. The normalized spacial score (nSPS) is 10.6. The second kappa shape index (κ2) is 8.02. The van der Waals surface area contributed by atoms with Gasteiger partial charge in [-0.05, 0) is 32.5 Å². The molecule has 0 atom stereocenters. The van der Waals surface area contributed by atoms with Crippen molar-refractivity contribution in [1.82, 2.24) is 5.32 Å². The summed E-state index contributed by atoms with van der Waals surface area (Å²) in [6.45, 7) is 6.93. The number of carbonyl (C=O) groups excluding carboxylic acids is 1. The predicted molar refractivity (Wildman–Crippen MR) is 75.6 cm³/mol. The lowest BCUT2D eigenvalue weighted by Gasteiger charge is -2.13. The molecule has 1 aromatic carbocycles. The number of ether oxygens (including phenoxy) is 2. The Labute approximate surface area is 119 Å². The second-order valence-electron chi connectivity index (χ2n) is 4.32. The van der Waals surface area contributed by atoms with Crippen molar-refractivity contribution in [2.45, 2.75) is 33.4 Å². The lowest BCUT2D eigenvalue weighted by molar-refractivity contribution is -0.149. The number of benzene rings is 1. The summed E-state index contributed by atoms with van der Waals surface area (Å²) in [6, 6.07) is 5.38. The molecule has 0 bridgehead atoms. The standard InChI is InChI=1S/C14H20ClNO3/c1-4-16-8-11-12(15)6-5-7-13(11)18-9-14(17)19-10(2)3/h5-7,10,16H,4,8-9H2,1-3H3. The van der Waals surface area contributed by atoms with Gasteiger partial charge in [0.15, 0.2) is 6.61 Å². The van der Waals surface area contributed by atoms with Crippen LogP contribution in [0.2, 0.25) is 5.02 Å². The summed E-state index contributed by atoms with van der Waals surface area (Å²) in [5.41, 5.74) is 0.850. The summed E-state index contributed by atoms with van der Waals surface area (Å²) in [4.78, 5) is 11.4. The highest BCUT2D eigenvalue weighted by Gasteiger charge is 2.11. The van der Waals surface area contributed by atoms with Gasteiger partial charge < -0.3 is 14.8 Å². The first-order valence-corrected chi connectivity index (χ1v) is 6.72. The van der Waals surface area contributed by atoms with Crippen molar-refractivity contribution in [3.05, 3.63) is 28.8 Å². The number of nitrogens with one attached hydrogen (secondary N) is 1. The molecule has 0 aliphatic rings. The molecule has 0 amide bonds. The Bertz CT molecular complexity index is 421. The molecule has 1 N–H and O–H groups in total. The highest BCUT2D eigenvalue weighted by Crippen LogP contribution is 2.26. The zero-order chi connectivity index (χ0) is 14.3. The quantitative estimate of drug-likeness (QED) is 0.783. The zero-order valence-corrected chi connectivity index (χ0v) is 12.3. The fraction of sp³-hybridized carbons (Fsp3) is 0.500. The summed E-state index contributed by atoms with van der Waals surface area (Å²) in [5.74, 6) is 0.221. The Kier molecular flexibility index (Phi) is 6.67. The molecule has 0 aromatic heterocycles. The third kappa shape index (κ3) is 5.49. The van der Waals surface area contributed by atoms with E-state index in [-0.39, 0.29) is 18.7 Å². The van der Waals surface area contributed by atoms with E-state index in [1.807, 2.05) is 6.92 Å². The van der Waals surface area contributed by atoms with E-state index in [2.05, 4.69) is 5.32 Å². The van der Waals surface area contributed by atoms with Crippen molar-refractivity contribution in [3.8, 4) is 5.75 Å². The van der Waals surface area contributed by atoms with Gasteiger partial charge in [0.25, 0.3) is 0 Å². The molecule has 0 saturated heterocycles. The van der Waals surface area contributed by atoms with Crippen LogP contribution in [0.5, 0.6) is 5.75 Å². The van der Waals surface area contributed by atoms with Gasteiger partial charge in [0, 0.05) is 17.1 Å². The number of hydrogen-bond donors (Lipinski definition) is 1. The van der Waals surface area contributed by atoms with Crippen molar-refractivity contribution in [2.75, 3.05) is 13.2 Å². The van der Waals surface area contributed by atoms with Crippen LogP contribution >= 0.6 is 11.6 Å². The van der Waals surface area contributed by atoms with Crippen molar-refractivity contribution >= 4 is 17.6 Å². The van der Waals surface area contributed by atoms with Crippen molar-refractivity contribution in [1.29, 1.82) is 0 Å². The third-order valence-corrected chi connectivity index (χ3v) is 2.69. The van der Waals surface area contributed by atoms with E-state index in [9.17, 15) is 4.79 Å². The van der Waals surface area contributed by atoms with E-state index in [1.54, 1.807) is 32.0 Å². The van der Waals surface area contributed by atoms with Crippen molar-refractivity contribution in [2.24, 2.45) is 0 Å².